The first-order chi connectivity index (χ1) is 7.58. The third-order valence-corrected chi connectivity index (χ3v) is 1.96. The molecule has 0 bridgehead atoms. The second kappa shape index (κ2) is 5.90. The summed E-state index contributed by atoms with van der Waals surface area (Å²) in [4.78, 5) is 8.34. The van der Waals surface area contributed by atoms with Gasteiger partial charge in [-0.3, -0.25) is 4.98 Å². The quantitative estimate of drug-likeness (QED) is 0.456. The van der Waals surface area contributed by atoms with Crippen LogP contribution >= 0.6 is 0 Å². The first-order valence-corrected chi connectivity index (χ1v) is 5.17. The highest BCUT2D eigenvalue weighted by atomic mass is 15.1. The van der Waals surface area contributed by atoms with E-state index >= 15 is 0 Å². The molecule has 0 aliphatic heterocycles. The van der Waals surface area contributed by atoms with E-state index in [0.29, 0.717) is 19.0 Å². The molecule has 0 spiro atoms. The molecule has 0 unspecified atom stereocenters. The first-order valence-electron chi connectivity index (χ1n) is 5.17. The number of hydrogen-bond acceptors (Lipinski definition) is 2. The van der Waals surface area contributed by atoms with Gasteiger partial charge in [-0.1, -0.05) is 12.2 Å². The van der Waals surface area contributed by atoms with Crippen LogP contribution in [0.5, 0.6) is 0 Å². The van der Waals surface area contributed by atoms with Gasteiger partial charge in [-0.15, -0.1) is 0 Å². The van der Waals surface area contributed by atoms with Gasteiger partial charge < -0.3 is 11.1 Å². The monoisotopic (exact) mass is 218 g/mol. The fourth-order valence-electron chi connectivity index (χ4n) is 1.18. The Kier molecular flexibility index (Phi) is 4.51. The minimum atomic E-state index is 0.442. The second-order valence-corrected chi connectivity index (χ2v) is 3.82. The van der Waals surface area contributed by atoms with Crippen molar-refractivity contribution in [1.29, 1.82) is 0 Å². The number of hydrogen-bond donors (Lipinski definition) is 2. The summed E-state index contributed by atoms with van der Waals surface area (Å²) in [6, 6.07) is 3.93. The zero-order valence-corrected chi connectivity index (χ0v) is 9.83. The van der Waals surface area contributed by atoms with Crippen molar-refractivity contribution in [3.05, 3.63) is 41.7 Å². The van der Waals surface area contributed by atoms with E-state index in [-0.39, 0.29) is 0 Å². The van der Waals surface area contributed by atoms with Gasteiger partial charge >= 0.3 is 0 Å². The molecule has 0 amide bonds. The van der Waals surface area contributed by atoms with Crippen molar-refractivity contribution >= 4 is 5.96 Å². The topological polar surface area (TPSA) is 63.3 Å². The van der Waals surface area contributed by atoms with Crippen molar-refractivity contribution < 1.29 is 0 Å². The lowest BCUT2D eigenvalue weighted by atomic mass is 10.2. The van der Waals surface area contributed by atoms with E-state index in [1.54, 1.807) is 6.20 Å². The molecule has 3 N–H and O–H groups in total. The van der Waals surface area contributed by atoms with E-state index in [1.807, 2.05) is 26.0 Å². The van der Waals surface area contributed by atoms with Gasteiger partial charge in [0.2, 0.25) is 0 Å². The molecular formula is C12H18N4. The molecule has 0 atom stereocenters. The summed E-state index contributed by atoms with van der Waals surface area (Å²) in [5, 5.41) is 2.98. The standard InChI is InChI=1S/C12H18N4/c1-9(2)7-15-12(13)16-8-11-4-5-14-10(3)6-11/h4-6H,1,7-8H2,2-3H3,(H3,13,15,16). The van der Waals surface area contributed by atoms with E-state index in [0.717, 1.165) is 16.8 Å². The summed E-state index contributed by atoms with van der Waals surface area (Å²) in [6.07, 6.45) is 1.78. The van der Waals surface area contributed by atoms with E-state index in [9.17, 15) is 0 Å². The second-order valence-electron chi connectivity index (χ2n) is 3.82. The summed E-state index contributed by atoms with van der Waals surface area (Å²) >= 11 is 0. The molecule has 0 saturated heterocycles. The number of aliphatic imine (C=N–C) groups is 1. The van der Waals surface area contributed by atoms with Crippen molar-refractivity contribution in [2.75, 3.05) is 6.54 Å². The maximum Gasteiger partial charge on any atom is 0.189 e. The van der Waals surface area contributed by atoms with Gasteiger partial charge in [0.15, 0.2) is 5.96 Å². The van der Waals surface area contributed by atoms with Gasteiger partial charge in [-0.25, -0.2) is 4.99 Å². The molecule has 4 nitrogen and oxygen atoms in total. The lowest BCUT2D eigenvalue weighted by molar-refractivity contribution is 0.937. The third kappa shape index (κ3) is 4.59. The minimum absolute atomic E-state index is 0.442. The lowest BCUT2D eigenvalue weighted by Crippen LogP contribution is -2.32. The Balaban J connectivity index is 2.49. The highest BCUT2D eigenvalue weighted by molar-refractivity contribution is 5.78. The molecule has 0 saturated carbocycles. The van der Waals surface area contributed by atoms with Gasteiger partial charge in [0.05, 0.1) is 6.54 Å². The first kappa shape index (κ1) is 12.2. The van der Waals surface area contributed by atoms with Crippen LogP contribution in [0.1, 0.15) is 18.2 Å². The summed E-state index contributed by atoms with van der Waals surface area (Å²) in [6.45, 7) is 8.89. The van der Waals surface area contributed by atoms with Crippen LogP contribution in [-0.4, -0.2) is 17.5 Å². The molecule has 86 valence electrons. The van der Waals surface area contributed by atoms with Crippen LogP contribution in [0.15, 0.2) is 35.5 Å². The normalized spacial score (nSPS) is 11.2. The number of nitrogens with one attached hydrogen (secondary N) is 1. The fraction of sp³-hybridized carbons (Fsp3) is 0.333. The van der Waals surface area contributed by atoms with Crippen molar-refractivity contribution in [2.45, 2.75) is 20.4 Å². The van der Waals surface area contributed by atoms with Gasteiger partial charge in [-0.05, 0) is 31.5 Å². The molecule has 0 aliphatic rings. The maximum absolute atomic E-state index is 5.69. The number of rotatable bonds is 4. The average Bonchev–Trinajstić information content (AvgIpc) is 2.23. The summed E-state index contributed by atoms with van der Waals surface area (Å²) in [5.74, 6) is 0.442. The number of guanidine groups is 1. The highest BCUT2D eigenvalue weighted by Crippen LogP contribution is 2.01. The molecule has 0 aromatic carbocycles. The molecule has 16 heavy (non-hydrogen) atoms. The Morgan fingerprint density at radius 1 is 1.62 bits per heavy atom. The van der Waals surface area contributed by atoms with Crippen molar-refractivity contribution in [1.82, 2.24) is 10.3 Å². The Labute approximate surface area is 96.3 Å². The zero-order chi connectivity index (χ0) is 12.0. The van der Waals surface area contributed by atoms with E-state index in [2.05, 4.69) is 21.9 Å². The third-order valence-electron chi connectivity index (χ3n) is 1.96. The molecule has 4 heteroatoms. The van der Waals surface area contributed by atoms with Crippen LogP contribution < -0.4 is 11.1 Å². The van der Waals surface area contributed by atoms with Gasteiger partial charge in [-0.2, -0.15) is 0 Å². The Morgan fingerprint density at radius 2 is 2.38 bits per heavy atom. The highest BCUT2D eigenvalue weighted by Gasteiger charge is 1.94. The summed E-state index contributed by atoms with van der Waals surface area (Å²) in [7, 11) is 0. The van der Waals surface area contributed by atoms with Crippen molar-refractivity contribution in [3.63, 3.8) is 0 Å². The van der Waals surface area contributed by atoms with Crippen LogP contribution in [0.2, 0.25) is 0 Å². The van der Waals surface area contributed by atoms with Gasteiger partial charge in [0, 0.05) is 18.4 Å². The number of aryl methyl sites for hydroxylation is 1. The largest absolute Gasteiger partial charge is 0.370 e. The smallest absolute Gasteiger partial charge is 0.189 e. The number of nitrogens with zero attached hydrogens (tertiary/aromatic N) is 2. The van der Waals surface area contributed by atoms with Crippen LogP contribution in [0.3, 0.4) is 0 Å². The summed E-state index contributed by atoms with van der Waals surface area (Å²) in [5.41, 5.74) is 8.81. The molecule has 0 aliphatic carbocycles. The molecule has 1 rings (SSSR count). The van der Waals surface area contributed by atoms with Crippen LogP contribution in [0.25, 0.3) is 0 Å². The fourth-order valence-corrected chi connectivity index (χ4v) is 1.18. The number of aromatic nitrogens is 1. The van der Waals surface area contributed by atoms with E-state index < -0.39 is 0 Å². The van der Waals surface area contributed by atoms with E-state index in [1.165, 1.54) is 0 Å². The minimum Gasteiger partial charge on any atom is -0.370 e. The number of nitrogens with two attached hydrogens (primary N) is 1. The summed E-state index contributed by atoms with van der Waals surface area (Å²) < 4.78 is 0. The van der Waals surface area contributed by atoms with Crippen LogP contribution in [-0.2, 0) is 6.54 Å². The van der Waals surface area contributed by atoms with Gasteiger partial charge in [0.1, 0.15) is 0 Å². The molecular weight excluding hydrogens is 200 g/mol. The maximum atomic E-state index is 5.69. The predicted molar refractivity (Wildman–Crippen MR) is 67.1 cm³/mol. The Morgan fingerprint density at radius 3 is 3.00 bits per heavy atom. The van der Waals surface area contributed by atoms with Gasteiger partial charge in [0.25, 0.3) is 0 Å². The molecule has 1 aromatic heterocycles. The molecule has 1 aromatic rings. The Hall–Kier alpha value is -1.84. The SMILES string of the molecule is C=C(C)CNC(N)=NCc1ccnc(C)c1. The zero-order valence-electron chi connectivity index (χ0n) is 9.83. The number of pyridine rings is 1. The van der Waals surface area contributed by atoms with E-state index in [4.69, 9.17) is 5.73 Å². The Bertz CT molecular complexity index is 396. The van der Waals surface area contributed by atoms with Crippen LogP contribution in [0, 0.1) is 6.92 Å². The van der Waals surface area contributed by atoms with Crippen LogP contribution in [0.4, 0.5) is 0 Å². The molecule has 1 heterocycles. The predicted octanol–water partition coefficient (Wildman–Crippen LogP) is 1.37. The van der Waals surface area contributed by atoms with Crippen molar-refractivity contribution in [3.8, 4) is 0 Å². The lowest BCUT2D eigenvalue weighted by Gasteiger charge is -2.04. The van der Waals surface area contributed by atoms with Crippen molar-refractivity contribution in [2.24, 2.45) is 10.7 Å². The molecule has 0 radical (unpaired) electrons. The average molecular weight is 218 g/mol. The molecule has 0 fully saturated rings.